The Bertz CT molecular complexity index is 1770. The van der Waals surface area contributed by atoms with Gasteiger partial charge in [-0.05, 0) is 65.6 Å². The first-order valence-electron chi connectivity index (χ1n) is 15.3. The topological polar surface area (TPSA) is 93.2 Å². The summed E-state index contributed by atoms with van der Waals surface area (Å²) in [6.07, 6.45) is 0.0298. The molecule has 8 nitrogen and oxygen atoms in total. The third-order valence-corrected chi connectivity index (χ3v) is 9.66. The molecule has 4 aromatic rings. The first-order chi connectivity index (χ1) is 21.9. The molecular formula is C37H30N2O6. The Hall–Kier alpha value is -5.24. The zero-order valence-corrected chi connectivity index (χ0v) is 24.6. The van der Waals surface area contributed by atoms with Gasteiger partial charge in [0, 0.05) is 36.6 Å². The average molecular weight is 599 g/mol. The van der Waals surface area contributed by atoms with E-state index in [1.807, 2.05) is 31.2 Å². The molecule has 2 aliphatic heterocycles. The molecule has 3 amide bonds. The van der Waals surface area contributed by atoms with Gasteiger partial charge in [-0.1, -0.05) is 54.6 Å². The zero-order valence-electron chi connectivity index (χ0n) is 24.6. The van der Waals surface area contributed by atoms with E-state index in [0.717, 1.165) is 22.3 Å². The molecule has 9 rings (SSSR count). The van der Waals surface area contributed by atoms with Gasteiger partial charge in [-0.25, -0.2) is 4.90 Å². The lowest BCUT2D eigenvalue weighted by Crippen LogP contribution is -2.41. The van der Waals surface area contributed by atoms with Gasteiger partial charge in [0.2, 0.25) is 17.7 Å². The van der Waals surface area contributed by atoms with Gasteiger partial charge in [-0.2, -0.15) is 0 Å². The molecule has 3 aliphatic carbocycles. The molecule has 45 heavy (non-hydrogen) atoms. The van der Waals surface area contributed by atoms with Gasteiger partial charge in [0.25, 0.3) is 0 Å². The SMILES string of the molecule is CCOc1ccc(N2C[C@@H](C(=O)Oc3cccc(N4C(=O)[C@@H]5C6c7ccccc7C(c7ccccc76)[C@@H]5C4=O)c3)CC2=O)cc1. The minimum absolute atomic E-state index is 0.0298. The van der Waals surface area contributed by atoms with E-state index < -0.39 is 23.7 Å². The minimum Gasteiger partial charge on any atom is -0.494 e. The third kappa shape index (κ3) is 4.19. The van der Waals surface area contributed by atoms with Gasteiger partial charge in [0.05, 0.1) is 30.0 Å². The Morgan fingerprint density at radius 2 is 1.29 bits per heavy atom. The number of imide groups is 1. The maximum Gasteiger partial charge on any atom is 0.316 e. The second kappa shape index (κ2) is 10.4. The number of amides is 3. The Balaban J connectivity index is 1.03. The van der Waals surface area contributed by atoms with Crippen molar-refractivity contribution in [2.45, 2.75) is 25.2 Å². The molecule has 4 aromatic carbocycles. The lowest BCUT2D eigenvalue weighted by molar-refractivity contribution is -0.139. The molecule has 0 saturated carbocycles. The molecule has 0 unspecified atom stereocenters. The van der Waals surface area contributed by atoms with Crippen molar-refractivity contribution >= 4 is 35.1 Å². The van der Waals surface area contributed by atoms with E-state index in [9.17, 15) is 19.2 Å². The molecular weight excluding hydrogens is 568 g/mol. The van der Waals surface area contributed by atoms with Gasteiger partial charge in [-0.15, -0.1) is 0 Å². The molecule has 0 radical (unpaired) electrons. The molecule has 0 spiro atoms. The Morgan fingerprint density at radius 1 is 0.711 bits per heavy atom. The van der Waals surface area contributed by atoms with E-state index in [-0.39, 0.29) is 48.3 Å². The average Bonchev–Trinajstić information content (AvgIpc) is 3.58. The summed E-state index contributed by atoms with van der Waals surface area (Å²) in [4.78, 5) is 57.1. The highest BCUT2D eigenvalue weighted by molar-refractivity contribution is 6.23. The van der Waals surface area contributed by atoms with E-state index in [0.29, 0.717) is 23.7 Å². The van der Waals surface area contributed by atoms with Crippen molar-refractivity contribution in [3.63, 3.8) is 0 Å². The lowest BCUT2D eigenvalue weighted by atomic mass is 9.55. The Morgan fingerprint density at radius 3 is 1.84 bits per heavy atom. The largest absolute Gasteiger partial charge is 0.494 e. The van der Waals surface area contributed by atoms with Crippen molar-refractivity contribution in [3.8, 4) is 11.5 Å². The van der Waals surface area contributed by atoms with Crippen molar-refractivity contribution in [3.05, 3.63) is 119 Å². The van der Waals surface area contributed by atoms with Crippen LogP contribution in [0.15, 0.2) is 97.1 Å². The minimum atomic E-state index is -0.654. The molecule has 2 saturated heterocycles. The molecule has 3 atom stereocenters. The predicted octanol–water partition coefficient (Wildman–Crippen LogP) is 5.44. The van der Waals surface area contributed by atoms with Crippen molar-refractivity contribution in [1.29, 1.82) is 0 Å². The quantitative estimate of drug-likeness (QED) is 0.167. The van der Waals surface area contributed by atoms with E-state index in [2.05, 4.69) is 24.3 Å². The molecule has 5 aliphatic rings. The van der Waals surface area contributed by atoms with E-state index in [4.69, 9.17) is 9.47 Å². The van der Waals surface area contributed by atoms with Crippen molar-refractivity contribution in [1.82, 2.24) is 0 Å². The third-order valence-electron chi connectivity index (χ3n) is 9.66. The summed E-state index contributed by atoms with van der Waals surface area (Å²) < 4.78 is 11.2. The van der Waals surface area contributed by atoms with Crippen LogP contribution in [0.25, 0.3) is 0 Å². The van der Waals surface area contributed by atoms with Crippen LogP contribution >= 0.6 is 0 Å². The fraction of sp³-hybridized carbons (Fsp3) is 0.243. The van der Waals surface area contributed by atoms with Crippen LogP contribution < -0.4 is 19.3 Å². The number of carbonyl (C=O) groups is 4. The van der Waals surface area contributed by atoms with Crippen LogP contribution in [0, 0.1) is 17.8 Å². The highest BCUT2D eigenvalue weighted by Gasteiger charge is 2.61. The summed E-state index contributed by atoms with van der Waals surface area (Å²) in [6, 6.07) is 30.0. The zero-order chi connectivity index (χ0) is 30.8. The standard InChI is InChI=1S/C37H30N2O6/c1-2-44-24-16-14-22(15-17-24)38-20-21(18-30(38)40)37(43)45-25-9-7-8-23(19-25)39-35(41)33-31-26-10-3-4-11-27(26)32(34(33)36(39)42)29-13-6-5-12-28(29)31/h3-17,19,21,31-34H,2,18,20H2,1H3/t21-,31?,32?,33-,34+/m0/s1. The summed E-state index contributed by atoms with van der Waals surface area (Å²) in [7, 11) is 0. The highest BCUT2D eigenvalue weighted by Crippen LogP contribution is 2.61. The summed E-state index contributed by atoms with van der Waals surface area (Å²) in [5.41, 5.74) is 5.50. The number of esters is 1. The smallest absolute Gasteiger partial charge is 0.316 e. The van der Waals surface area contributed by atoms with Crippen molar-refractivity contribution < 1.29 is 28.7 Å². The van der Waals surface area contributed by atoms with Crippen LogP contribution in [0.1, 0.15) is 47.4 Å². The first kappa shape index (κ1) is 27.3. The molecule has 2 fully saturated rings. The normalized spacial score (nSPS) is 24.4. The van der Waals surface area contributed by atoms with Crippen LogP contribution in [0.3, 0.4) is 0 Å². The van der Waals surface area contributed by atoms with Crippen molar-refractivity contribution in [2.75, 3.05) is 23.0 Å². The Kier molecular flexibility index (Phi) is 6.34. The van der Waals surface area contributed by atoms with Crippen molar-refractivity contribution in [2.24, 2.45) is 17.8 Å². The molecule has 2 heterocycles. The highest BCUT2D eigenvalue weighted by atomic mass is 16.5. The van der Waals surface area contributed by atoms with Crippen LogP contribution in [0.2, 0.25) is 0 Å². The number of hydrogen-bond acceptors (Lipinski definition) is 6. The second-order valence-electron chi connectivity index (χ2n) is 12.0. The van der Waals surface area contributed by atoms with E-state index in [1.54, 1.807) is 53.4 Å². The Labute approximate surface area is 260 Å². The summed E-state index contributed by atoms with van der Waals surface area (Å²) in [5, 5.41) is 0. The molecule has 0 N–H and O–H groups in total. The van der Waals surface area contributed by atoms with E-state index >= 15 is 0 Å². The number of ether oxygens (including phenoxy) is 2. The number of carbonyl (C=O) groups excluding carboxylic acids is 4. The number of rotatable bonds is 6. The maximum atomic E-state index is 14.1. The first-order valence-corrected chi connectivity index (χ1v) is 15.3. The van der Waals surface area contributed by atoms with Gasteiger partial charge in [-0.3, -0.25) is 19.2 Å². The van der Waals surface area contributed by atoms with Gasteiger partial charge < -0.3 is 14.4 Å². The number of anilines is 2. The van der Waals surface area contributed by atoms with E-state index in [1.165, 1.54) is 4.90 Å². The predicted molar refractivity (Wildman–Crippen MR) is 166 cm³/mol. The fourth-order valence-corrected chi connectivity index (χ4v) is 7.82. The molecule has 0 aromatic heterocycles. The maximum absolute atomic E-state index is 14.1. The van der Waals surface area contributed by atoms with Crippen LogP contribution in [-0.2, 0) is 19.2 Å². The van der Waals surface area contributed by atoms with Crippen LogP contribution in [-0.4, -0.2) is 36.8 Å². The summed E-state index contributed by atoms with van der Waals surface area (Å²) in [5.74, 6) is -2.31. The van der Waals surface area contributed by atoms with Gasteiger partial charge in [0.1, 0.15) is 11.5 Å². The number of hydrogen-bond donors (Lipinski definition) is 0. The molecule has 2 bridgehead atoms. The van der Waals surface area contributed by atoms with Gasteiger partial charge >= 0.3 is 5.97 Å². The fourth-order valence-electron chi connectivity index (χ4n) is 7.82. The monoisotopic (exact) mass is 598 g/mol. The molecule has 8 heteroatoms. The van der Waals surface area contributed by atoms with Gasteiger partial charge in [0.15, 0.2) is 0 Å². The number of benzene rings is 4. The van der Waals surface area contributed by atoms with Crippen LogP contribution in [0.5, 0.6) is 11.5 Å². The summed E-state index contributed by atoms with van der Waals surface area (Å²) >= 11 is 0. The second-order valence-corrected chi connectivity index (χ2v) is 12.0. The summed E-state index contributed by atoms with van der Waals surface area (Å²) in [6.45, 7) is 2.64. The number of nitrogens with zero attached hydrogens (tertiary/aromatic N) is 2. The van der Waals surface area contributed by atoms with Crippen LogP contribution in [0.4, 0.5) is 11.4 Å². The molecule has 224 valence electrons. The lowest BCUT2D eigenvalue weighted by Gasteiger charge is -2.45.